The van der Waals surface area contributed by atoms with Gasteiger partial charge in [0.1, 0.15) is 0 Å². The molecule has 0 spiro atoms. The molecule has 21 heavy (non-hydrogen) atoms. The molecule has 0 radical (unpaired) electrons. The standard InChI is InChI=1S/C18H21BrN2/c19-15-10-8-13(9-11-15)12-18(21-20)17-7-2-1-6-16(17)14-4-3-5-14/h1-2,6-11,14,18,21H,3-5,12,20H2. The van der Waals surface area contributed by atoms with Gasteiger partial charge in [0.25, 0.3) is 0 Å². The van der Waals surface area contributed by atoms with E-state index in [1.54, 1.807) is 0 Å². The van der Waals surface area contributed by atoms with Crippen molar-refractivity contribution < 1.29 is 0 Å². The molecule has 1 aliphatic carbocycles. The second kappa shape index (κ2) is 6.73. The molecule has 110 valence electrons. The number of hydrogen-bond acceptors (Lipinski definition) is 2. The molecule has 0 amide bonds. The van der Waals surface area contributed by atoms with Crippen LogP contribution >= 0.6 is 15.9 Å². The lowest BCUT2D eigenvalue weighted by Gasteiger charge is -2.30. The molecular weight excluding hydrogens is 324 g/mol. The van der Waals surface area contributed by atoms with Gasteiger partial charge < -0.3 is 0 Å². The Morgan fingerprint density at radius 2 is 1.81 bits per heavy atom. The maximum Gasteiger partial charge on any atom is 0.0503 e. The summed E-state index contributed by atoms with van der Waals surface area (Å²) in [7, 11) is 0. The van der Waals surface area contributed by atoms with Crippen LogP contribution in [0.3, 0.4) is 0 Å². The van der Waals surface area contributed by atoms with E-state index in [4.69, 9.17) is 5.84 Å². The number of hydrazine groups is 1. The molecule has 1 aliphatic rings. The molecule has 2 aromatic rings. The van der Waals surface area contributed by atoms with Gasteiger partial charge in [0.05, 0.1) is 6.04 Å². The largest absolute Gasteiger partial charge is 0.271 e. The lowest BCUT2D eigenvalue weighted by molar-refractivity contribution is 0.411. The van der Waals surface area contributed by atoms with E-state index in [-0.39, 0.29) is 6.04 Å². The van der Waals surface area contributed by atoms with Gasteiger partial charge in [-0.25, -0.2) is 0 Å². The Bertz CT molecular complexity index is 590. The van der Waals surface area contributed by atoms with Crippen LogP contribution in [0, 0.1) is 0 Å². The summed E-state index contributed by atoms with van der Waals surface area (Å²) in [6.07, 6.45) is 4.89. The summed E-state index contributed by atoms with van der Waals surface area (Å²) in [5.41, 5.74) is 7.14. The van der Waals surface area contributed by atoms with Crippen LogP contribution in [-0.2, 0) is 6.42 Å². The number of hydrogen-bond donors (Lipinski definition) is 2. The molecule has 3 N–H and O–H groups in total. The molecule has 2 aromatic carbocycles. The van der Waals surface area contributed by atoms with Crippen LogP contribution in [-0.4, -0.2) is 0 Å². The highest BCUT2D eigenvalue weighted by Gasteiger charge is 2.24. The van der Waals surface area contributed by atoms with E-state index >= 15 is 0 Å². The molecule has 1 fully saturated rings. The zero-order valence-corrected chi connectivity index (χ0v) is 13.6. The van der Waals surface area contributed by atoms with Crippen LogP contribution in [0.5, 0.6) is 0 Å². The number of rotatable bonds is 5. The van der Waals surface area contributed by atoms with Crippen molar-refractivity contribution in [3.8, 4) is 0 Å². The minimum absolute atomic E-state index is 0.169. The summed E-state index contributed by atoms with van der Waals surface area (Å²) < 4.78 is 1.11. The Balaban J connectivity index is 1.84. The zero-order valence-electron chi connectivity index (χ0n) is 12.1. The molecule has 0 aliphatic heterocycles. The van der Waals surface area contributed by atoms with Crippen LogP contribution in [0.25, 0.3) is 0 Å². The molecule has 0 heterocycles. The number of benzene rings is 2. The quantitative estimate of drug-likeness (QED) is 0.620. The lowest BCUT2D eigenvalue weighted by Crippen LogP contribution is -2.31. The Labute approximate surface area is 134 Å². The first-order valence-electron chi connectivity index (χ1n) is 7.57. The third-order valence-corrected chi connectivity index (χ3v) is 5.00. The second-order valence-electron chi connectivity index (χ2n) is 5.81. The van der Waals surface area contributed by atoms with E-state index in [2.05, 4.69) is 69.9 Å². The van der Waals surface area contributed by atoms with Gasteiger partial charge in [0, 0.05) is 4.47 Å². The predicted octanol–water partition coefficient (Wildman–Crippen LogP) is 4.46. The molecule has 3 heteroatoms. The molecule has 1 saturated carbocycles. The van der Waals surface area contributed by atoms with Crippen molar-refractivity contribution in [3.05, 3.63) is 69.7 Å². The fourth-order valence-corrected chi connectivity index (χ4v) is 3.30. The molecule has 1 unspecified atom stereocenters. The summed E-state index contributed by atoms with van der Waals surface area (Å²) in [5.74, 6) is 6.58. The molecule has 0 aromatic heterocycles. The highest BCUT2D eigenvalue weighted by Crippen LogP contribution is 2.39. The van der Waals surface area contributed by atoms with E-state index < -0.39 is 0 Å². The van der Waals surface area contributed by atoms with Gasteiger partial charge in [-0.3, -0.25) is 11.3 Å². The summed E-state index contributed by atoms with van der Waals surface area (Å²) in [6, 6.07) is 17.4. The number of halogens is 1. The summed E-state index contributed by atoms with van der Waals surface area (Å²) in [4.78, 5) is 0. The van der Waals surface area contributed by atoms with Crippen molar-refractivity contribution >= 4 is 15.9 Å². The highest BCUT2D eigenvalue weighted by molar-refractivity contribution is 9.10. The van der Waals surface area contributed by atoms with Gasteiger partial charge in [-0.1, -0.05) is 58.7 Å². The van der Waals surface area contributed by atoms with Crippen molar-refractivity contribution in [2.24, 2.45) is 5.84 Å². The third-order valence-electron chi connectivity index (χ3n) is 4.47. The van der Waals surface area contributed by atoms with Gasteiger partial charge in [-0.05, 0) is 54.0 Å². The molecule has 0 bridgehead atoms. The highest BCUT2D eigenvalue weighted by atomic mass is 79.9. The minimum atomic E-state index is 0.169. The molecule has 1 atom stereocenters. The van der Waals surface area contributed by atoms with Crippen molar-refractivity contribution in [2.45, 2.75) is 37.6 Å². The van der Waals surface area contributed by atoms with Crippen LogP contribution in [0.15, 0.2) is 53.0 Å². The average Bonchev–Trinajstić information content (AvgIpc) is 2.46. The maximum atomic E-state index is 5.85. The van der Waals surface area contributed by atoms with E-state index in [1.807, 2.05) is 0 Å². The van der Waals surface area contributed by atoms with Crippen molar-refractivity contribution in [1.29, 1.82) is 0 Å². The summed E-state index contributed by atoms with van der Waals surface area (Å²) in [6.45, 7) is 0. The average molecular weight is 345 g/mol. The fraction of sp³-hybridized carbons (Fsp3) is 0.333. The Hall–Kier alpha value is -1.16. The summed E-state index contributed by atoms with van der Waals surface area (Å²) >= 11 is 3.48. The van der Waals surface area contributed by atoms with E-state index in [1.165, 1.54) is 36.0 Å². The molecule has 3 rings (SSSR count). The van der Waals surface area contributed by atoms with Gasteiger partial charge in [-0.2, -0.15) is 0 Å². The number of nitrogens with one attached hydrogen (secondary N) is 1. The van der Waals surface area contributed by atoms with Crippen LogP contribution in [0.2, 0.25) is 0 Å². The minimum Gasteiger partial charge on any atom is -0.271 e. The fourth-order valence-electron chi connectivity index (χ4n) is 3.03. The first kappa shape index (κ1) is 14.8. The van der Waals surface area contributed by atoms with Crippen LogP contribution in [0.4, 0.5) is 0 Å². The molecule has 2 nitrogen and oxygen atoms in total. The van der Waals surface area contributed by atoms with Crippen LogP contribution < -0.4 is 11.3 Å². The monoisotopic (exact) mass is 344 g/mol. The second-order valence-corrected chi connectivity index (χ2v) is 6.72. The summed E-state index contributed by atoms with van der Waals surface area (Å²) in [5, 5.41) is 0. The van der Waals surface area contributed by atoms with Crippen LogP contribution in [0.1, 0.15) is 47.9 Å². The normalized spacial score (nSPS) is 16.5. The van der Waals surface area contributed by atoms with Gasteiger partial charge in [0.15, 0.2) is 0 Å². The first-order chi connectivity index (χ1) is 10.3. The van der Waals surface area contributed by atoms with Gasteiger partial charge in [-0.15, -0.1) is 0 Å². The van der Waals surface area contributed by atoms with Crippen molar-refractivity contribution in [1.82, 2.24) is 5.43 Å². The van der Waals surface area contributed by atoms with Crippen molar-refractivity contribution in [3.63, 3.8) is 0 Å². The molecule has 0 saturated heterocycles. The van der Waals surface area contributed by atoms with E-state index in [9.17, 15) is 0 Å². The zero-order chi connectivity index (χ0) is 14.7. The number of nitrogens with two attached hydrogens (primary N) is 1. The SMILES string of the molecule is NNC(Cc1ccc(Br)cc1)c1ccccc1C1CCC1. The maximum absolute atomic E-state index is 5.85. The van der Waals surface area contributed by atoms with E-state index in [0.717, 1.165) is 16.8 Å². The van der Waals surface area contributed by atoms with Gasteiger partial charge in [0.2, 0.25) is 0 Å². The van der Waals surface area contributed by atoms with E-state index in [0.29, 0.717) is 0 Å². The topological polar surface area (TPSA) is 38.0 Å². The smallest absolute Gasteiger partial charge is 0.0503 e. The Morgan fingerprint density at radius 3 is 2.43 bits per heavy atom. The molecular formula is C18H21BrN2. The lowest BCUT2D eigenvalue weighted by atomic mass is 9.76. The Kier molecular flexibility index (Phi) is 4.73. The van der Waals surface area contributed by atoms with Gasteiger partial charge >= 0.3 is 0 Å². The van der Waals surface area contributed by atoms with Crippen molar-refractivity contribution in [2.75, 3.05) is 0 Å². The predicted molar refractivity (Wildman–Crippen MR) is 90.9 cm³/mol. The Morgan fingerprint density at radius 1 is 1.10 bits per heavy atom. The first-order valence-corrected chi connectivity index (χ1v) is 8.36. The third kappa shape index (κ3) is 3.37.